The minimum absolute atomic E-state index is 0.00330. The molecule has 2 unspecified atom stereocenters. The number of amides is 1. The molecule has 0 aliphatic rings. The average molecular weight is 252 g/mol. The molecule has 1 rings (SSSR count). The first-order chi connectivity index (χ1) is 8.20. The fourth-order valence-corrected chi connectivity index (χ4v) is 1.80. The molecule has 1 amide bonds. The van der Waals surface area contributed by atoms with E-state index in [4.69, 9.17) is 0 Å². The first-order valence-electron chi connectivity index (χ1n) is 6.26. The molecule has 2 N–H and O–H groups in total. The molecular formula is C13H24N4O. The van der Waals surface area contributed by atoms with E-state index in [1.54, 1.807) is 6.20 Å². The summed E-state index contributed by atoms with van der Waals surface area (Å²) >= 11 is 0. The maximum absolute atomic E-state index is 11.9. The Bertz CT molecular complexity index is 405. The third-order valence-electron chi connectivity index (χ3n) is 2.64. The zero-order valence-corrected chi connectivity index (χ0v) is 12.1. The van der Waals surface area contributed by atoms with Crippen LogP contribution in [-0.4, -0.2) is 27.0 Å². The molecule has 5 nitrogen and oxygen atoms in total. The summed E-state index contributed by atoms with van der Waals surface area (Å²) in [5.74, 6) is 0.925. The molecule has 2 atom stereocenters. The minimum atomic E-state index is -0.254. The molecule has 0 saturated carbocycles. The van der Waals surface area contributed by atoms with Crippen LogP contribution in [0, 0.1) is 0 Å². The summed E-state index contributed by atoms with van der Waals surface area (Å²) in [6.45, 7) is 9.78. The highest BCUT2D eigenvalue weighted by Crippen LogP contribution is 2.09. The van der Waals surface area contributed by atoms with Crippen molar-refractivity contribution in [1.82, 2.24) is 20.2 Å². The topological polar surface area (TPSA) is 59.0 Å². The zero-order valence-electron chi connectivity index (χ0n) is 12.1. The van der Waals surface area contributed by atoms with Crippen molar-refractivity contribution < 1.29 is 4.79 Å². The predicted octanol–water partition coefficient (Wildman–Crippen LogP) is 1.37. The Morgan fingerprint density at radius 3 is 2.44 bits per heavy atom. The van der Waals surface area contributed by atoms with E-state index in [1.165, 1.54) is 0 Å². The number of nitrogens with one attached hydrogen (secondary N) is 2. The first-order valence-corrected chi connectivity index (χ1v) is 6.26. The van der Waals surface area contributed by atoms with Gasteiger partial charge in [0.2, 0.25) is 5.91 Å². The molecule has 0 radical (unpaired) electrons. The maximum atomic E-state index is 11.9. The lowest BCUT2D eigenvalue weighted by Crippen LogP contribution is -2.50. The molecule has 0 bridgehead atoms. The molecule has 5 heteroatoms. The molecule has 1 aromatic rings. The second-order valence-electron chi connectivity index (χ2n) is 5.75. The van der Waals surface area contributed by atoms with E-state index < -0.39 is 0 Å². The Kier molecular flexibility index (Phi) is 4.51. The maximum Gasteiger partial charge on any atom is 0.237 e. The Hall–Kier alpha value is -1.36. The van der Waals surface area contributed by atoms with Crippen LogP contribution < -0.4 is 10.6 Å². The van der Waals surface area contributed by atoms with Crippen LogP contribution in [0.25, 0.3) is 0 Å². The second-order valence-corrected chi connectivity index (χ2v) is 5.75. The van der Waals surface area contributed by atoms with Crippen LogP contribution >= 0.6 is 0 Å². The lowest BCUT2D eigenvalue weighted by Gasteiger charge is -2.25. The van der Waals surface area contributed by atoms with E-state index in [-0.39, 0.29) is 23.5 Å². The van der Waals surface area contributed by atoms with E-state index in [1.807, 2.05) is 52.4 Å². The van der Waals surface area contributed by atoms with Crippen molar-refractivity contribution >= 4 is 5.91 Å². The monoisotopic (exact) mass is 252 g/mol. The van der Waals surface area contributed by atoms with Crippen molar-refractivity contribution in [2.24, 2.45) is 7.05 Å². The molecular weight excluding hydrogens is 228 g/mol. The van der Waals surface area contributed by atoms with Crippen molar-refractivity contribution in [2.75, 3.05) is 0 Å². The molecule has 0 aromatic carbocycles. The van der Waals surface area contributed by atoms with Crippen LogP contribution in [0.5, 0.6) is 0 Å². The van der Waals surface area contributed by atoms with Gasteiger partial charge in [0, 0.05) is 25.0 Å². The highest BCUT2D eigenvalue weighted by Gasteiger charge is 2.21. The van der Waals surface area contributed by atoms with Gasteiger partial charge in [-0.2, -0.15) is 0 Å². The lowest BCUT2D eigenvalue weighted by molar-refractivity contribution is -0.124. The number of nitrogens with zero attached hydrogens (tertiary/aromatic N) is 2. The number of hydrogen-bond acceptors (Lipinski definition) is 3. The van der Waals surface area contributed by atoms with Gasteiger partial charge in [0.1, 0.15) is 5.82 Å². The Labute approximate surface area is 109 Å². The van der Waals surface area contributed by atoms with Gasteiger partial charge in [-0.25, -0.2) is 4.98 Å². The van der Waals surface area contributed by atoms with Crippen molar-refractivity contribution in [2.45, 2.75) is 52.2 Å². The van der Waals surface area contributed by atoms with Gasteiger partial charge in [-0.05, 0) is 34.6 Å². The standard InChI is InChI=1S/C13H24N4O/c1-9(11-14-7-8-17(11)6)15-10(2)12(18)16-13(3,4)5/h7-10,15H,1-6H3,(H,16,18). The zero-order chi connectivity index (χ0) is 13.9. The van der Waals surface area contributed by atoms with Gasteiger partial charge in [0.25, 0.3) is 0 Å². The second kappa shape index (κ2) is 5.52. The molecule has 0 saturated heterocycles. The van der Waals surface area contributed by atoms with Crippen molar-refractivity contribution in [3.05, 3.63) is 18.2 Å². The van der Waals surface area contributed by atoms with E-state index in [9.17, 15) is 4.79 Å². The van der Waals surface area contributed by atoms with E-state index in [0.717, 1.165) is 5.82 Å². The van der Waals surface area contributed by atoms with E-state index in [2.05, 4.69) is 15.6 Å². The molecule has 1 heterocycles. The smallest absolute Gasteiger partial charge is 0.237 e. The molecule has 102 valence electrons. The summed E-state index contributed by atoms with van der Waals surface area (Å²) in [5, 5.41) is 6.21. The third kappa shape index (κ3) is 4.14. The molecule has 1 aromatic heterocycles. The number of carbonyl (C=O) groups excluding carboxylic acids is 1. The average Bonchev–Trinajstić information content (AvgIpc) is 2.61. The Balaban J connectivity index is 2.57. The molecule has 0 fully saturated rings. The minimum Gasteiger partial charge on any atom is -0.350 e. The highest BCUT2D eigenvalue weighted by atomic mass is 16.2. The predicted molar refractivity (Wildman–Crippen MR) is 72.1 cm³/mol. The van der Waals surface area contributed by atoms with Crippen molar-refractivity contribution in [3.63, 3.8) is 0 Å². The number of aromatic nitrogens is 2. The van der Waals surface area contributed by atoms with Crippen molar-refractivity contribution in [3.8, 4) is 0 Å². The molecule has 0 aliphatic heterocycles. The summed E-state index contributed by atoms with van der Waals surface area (Å²) in [6, 6.07) is -0.221. The normalized spacial score (nSPS) is 15.2. The largest absolute Gasteiger partial charge is 0.350 e. The van der Waals surface area contributed by atoms with Gasteiger partial charge in [-0.3, -0.25) is 10.1 Å². The van der Waals surface area contributed by atoms with E-state index >= 15 is 0 Å². The summed E-state index contributed by atoms with van der Waals surface area (Å²) < 4.78 is 1.95. The Morgan fingerprint density at radius 1 is 1.39 bits per heavy atom. The van der Waals surface area contributed by atoms with Gasteiger partial charge in [-0.15, -0.1) is 0 Å². The summed E-state index contributed by atoms with van der Waals surface area (Å²) in [4.78, 5) is 16.2. The van der Waals surface area contributed by atoms with Crippen LogP contribution in [0.2, 0.25) is 0 Å². The van der Waals surface area contributed by atoms with Gasteiger partial charge < -0.3 is 9.88 Å². The van der Waals surface area contributed by atoms with Crippen LogP contribution in [0.4, 0.5) is 0 Å². The first kappa shape index (κ1) is 14.7. The SMILES string of the molecule is CC(NC(C)c1nccn1C)C(=O)NC(C)(C)C. The fourth-order valence-electron chi connectivity index (χ4n) is 1.80. The van der Waals surface area contributed by atoms with Gasteiger partial charge in [0.15, 0.2) is 0 Å². The van der Waals surface area contributed by atoms with Crippen LogP contribution in [0.15, 0.2) is 12.4 Å². The molecule has 18 heavy (non-hydrogen) atoms. The van der Waals surface area contributed by atoms with Crippen molar-refractivity contribution in [1.29, 1.82) is 0 Å². The summed E-state index contributed by atoms with van der Waals surface area (Å²) in [6.07, 6.45) is 3.65. The Morgan fingerprint density at radius 2 is 2.00 bits per heavy atom. The lowest BCUT2D eigenvalue weighted by atomic mass is 10.1. The highest BCUT2D eigenvalue weighted by molar-refractivity contribution is 5.81. The third-order valence-corrected chi connectivity index (χ3v) is 2.64. The van der Waals surface area contributed by atoms with Crippen LogP contribution in [-0.2, 0) is 11.8 Å². The number of rotatable bonds is 4. The molecule has 0 spiro atoms. The van der Waals surface area contributed by atoms with Gasteiger partial charge in [-0.1, -0.05) is 0 Å². The summed E-state index contributed by atoms with van der Waals surface area (Å²) in [5.41, 5.74) is -0.209. The number of imidazole rings is 1. The van der Waals surface area contributed by atoms with Crippen LogP contribution in [0.3, 0.4) is 0 Å². The van der Waals surface area contributed by atoms with Gasteiger partial charge >= 0.3 is 0 Å². The van der Waals surface area contributed by atoms with Crippen LogP contribution in [0.1, 0.15) is 46.5 Å². The number of aryl methyl sites for hydroxylation is 1. The number of hydrogen-bond donors (Lipinski definition) is 2. The van der Waals surface area contributed by atoms with E-state index in [0.29, 0.717) is 0 Å². The summed E-state index contributed by atoms with van der Waals surface area (Å²) in [7, 11) is 1.94. The molecule has 0 aliphatic carbocycles. The number of carbonyl (C=O) groups is 1. The fraction of sp³-hybridized carbons (Fsp3) is 0.692. The van der Waals surface area contributed by atoms with Gasteiger partial charge in [0.05, 0.1) is 12.1 Å². The quantitative estimate of drug-likeness (QED) is 0.851.